The molecule has 1 aromatic heterocycles. The van der Waals surface area contributed by atoms with Gasteiger partial charge in [-0.2, -0.15) is 0 Å². The van der Waals surface area contributed by atoms with Crippen molar-refractivity contribution in [1.82, 2.24) is 20.5 Å². The molecule has 2 N–H and O–H groups in total. The lowest BCUT2D eigenvalue weighted by Crippen LogP contribution is -2.49. The number of pyridine rings is 1. The number of nitrogens with zero attached hydrogens (tertiary/aromatic N) is 3. The summed E-state index contributed by atoms with van der Waals surface area (Å²) < 4.78 is 12.3. The number of guanidine groups is 1. The first-order chi connectivity index (χ1) is 14.2. The highest BCUT2D eigenvalue weighted by molar-refractivity contribution is 7.84. The first kappa shape index (κ1) is 21.5. The zero-order valence-electron chi connectivity index (χ0n) is 17.1. The number of hydrogen-bond acceptors (Lipinski definition) is 4. The van der Waals surface area contributed by atoms with Crippen molar-refractivity contribution in [2.45, 2.75) is 31.2 Å². The second-order valence-electron chi connectivity index (χ2n) is 7.29. The van der Waals surface area contributed by atoms with Crippen molar-refractivity contribution in [3.8, 4) is 0 Å². The summed E-state index contributed by atoms with van der Waals surface area (Å²) in [6, 6.07) is 16.5. The van der Waals surface area contributed by atoms with E-state index < -0.39 is 10.8 Å². The third-order valence-electron chi connectivity index (χ3n) is 5.06. The van der Waals surface area contributed by atoms with E-state index in [2.05, 4.69) is 31.6 Å². The van der Waals surface area contributed by atoms with Gasteiger partial charge in [-0.15, -0.1) is 0 Å². The van der Waals surface area contributed by atoms with Crippen LogP contribution in [0.5, 0.6) is 0 Å². The minimum Gasteiger partial charge on any atom is -0.355 e. The van der Waals surface area contributed by atoms with Gasteiger partial charge in [0.15, 0.2) is 5.96 Å². The van der Waals surface area contributed by atoms with Gasteiger partial charge in [-0.1, -0.05) is 36.4 Å². The van der Waals surface area contributed by atoms with E-state index in [-0.39, 0.29) is 0 Å². The summed E-state index contributed by atoms with van der Waals surface area (Å²) in [5, 5.41) is 6.82. The van der Waals surface area contributed by atoms with Crippen LogP contribution in [-0.4, -0.2) is 58.5 Å². The Balaban J connectivity index is 1.33. The first-order valence-corrected chi connectivity index (χ1v) is 11.7. The maximum atomic E-state index is 12.3. The fourth-order valence-electron chi connectivity index (χ4n) is 3.46. The lowest BCUT2D eigenvalue weighted by molar-refractivity contribution is 0.196. The molecule has 7 heteroatoms. The average molecular weight is 414 g/mol. The van der Waals surface area contributed by atoms with E-state index in [1.54, 1.807) is 7.05 Å². The van der Waals surface area contributed by atoms with Crippen LogP contribution in [0.15, 0.2) is 59.7 Å². The van der Waals surface area contributed by atoms with Gasteiger partial charge in [0.2, 0.25) is 0 Å². The number of aliphatic imine (C=N–C) groups is 1. The Hall–Kier alpha value is -2.25. The Morgan fingerprint density at radius 1 is 1.17 bits per heavy atom. The van der Waals surface area contributed by atoms with Crippen LogP contribution in [-0.2, 0) is 23.1 Å². The Morgan fingerprint density at radius 2 is 1.93 bits per heavy atom. The quantitative estimate of drug-likeness (QED) is 0.513. The predicted octanol–water partition coefficient (Wildman–Crippen LogP) is 2.16. The maximum Gasteiger partial charge on any atom is 0.191 e. The van der Waals surface area contributed by atoms with E-state index in [1.165, 1.54) is 0 Å². The van der Waals surface area contributed by atoms with Crippen LogP contribution in [0.25, 0.3) is 0 Å². The Labute approximate surface area is 176 Å². The van der Waals surface area contributed by atoms with E-state index >= 15 is 0 Å². The molecule has 0 aliphatic carbocycles. The second kappa shape index (κ2) is 11.7. The van der Waals surface area contributed by atoms with Crippen molar-refractivity contribution < 1.29 is 4.21 Å². The molecule has 1 aliphatic rings. The highest BCUT2D eigenvalue weighted by Crippen LogP contribution is 2.12. The summed E-state index contributed by atoms with van der Waals surface area (Å²) in [5.41, 5.74) is 2.24. The first-order valence-electron chi connectivity index (χ1n) is 10.2. The molecule has 0 bridgehead atoms. The van der Waals surface area contributed by atoms with Crippen molar-refractivity contribution >= 4 is 16.8 Å². The van der Waals surface area contributed by atoms with E-state index in [0.717, 1.165) is 49.7 Å². The molecule has 0 radical (unpaired) electrons. The lowest BCUT2D eigenvalue weighted by atomic mass is 10.1. The number of benzene rings is 1. The highest BCUT2D eigenvalue weighted by Gasteiger charge is 2.20. The highest BCUT2D eigenvalue weighted by atomic mass is 32.2. The zero-order valence-corrected chi connectivity index (χ0v) is 17.9. The van der Waals surface area contributed by atoms with Crippen molar-refractivity contribution in [3.63, 3.8) is 0 Å². The number of nitrogens with one attached hydrogen (secondary N) is 2. The largest absolute Gasteiger partial charge is 0.355 e. The maximum absolute atomic E-state index is 12.3. The molecular formula is C22H31N5OS. The molecule has 1 aromatic carbocycles. The van der Waals surface area contributed by atoms with Crippen LogP contribution < -0.4 is 10.6 Å². The normalized spacial score (nSPS) is 17.1. The minimum absolute atomic E-state index is 0.413. The zero-order chi connectivity index (χ0) is 20.3. The van der Waals surface area contributed by atoms with Gasteiger partial charge < -0.3 is 10.6 Å². The monoisotopic (exact) mass is 413 g/mol. The van der Waals surface area contributed by atoms with Gasteiger partial charge in [0, 0.05) is 67.8 Å². The lowest BCUT2D eigenvalue weighted by Gasteiger charge is -2.32. The molecule has 156 valence electrons. The summed E-state index contributed by atoms with van der Waals surface area (Å²) in [6.45, 7) is 3.66. The van der Waals surface area contributed by atoms with Gasteiger partial charge in [-0.05, 0) is 30.5 Å². The van der Waals surface area contributed by atoms with E-state index in [9.17, 15) is 4.21 Å². The fraction of sp³-hybridized carbons (Fsp3) is 0.455. The average Bonchev–Trinajstić information content (AvgIpc) is 2.76. The van der Waals surface area contributed by atoms with Crippen LogP contribution in [0.3, 0.4) is 0 Å². The smallest absolute Gasteiger partial charge is 0.191 e. The molecule has 3 rings (SSSR count). The standard InChI is InChI=1S/C22H31N5OS/c1-23-22(25-13-16-29(28)18-19-7-3-2-4-8-19)26-20-10-14-27(15-11-20)17-21-9-5-6-12-24-21/h2-9,12,20H,10-11,13-18H2,1H3,(H2,23,25,26). The van der Waals surface area contributed by atoms with Crippen LogP contribution in [0.2, 0.25) is 0 Å². The van der Waals surface area contributed by atoms with E-state index in [0.29, 0.717) is 24.1 Å². The van der Waals surface area contributed by atoms with Gasteiger partial charge in [0.05, 0.1) is 5.69 Å². The molecule has 1 saturated heterocycles. The number of rotatable bonds is 8. The molecule has 0 saturated carbocycles. The molecule has 2 aromatic rings. The summed E-state index contributed by atoms with van der Waals surface area (Å²) in [5.74, 6) is 2.01. The third-order valence-corrected chi connectivity index (χ3v) is 6.37. The van der Waals surface area contributed by atoms with Crippen LogP contribution in [0.1, 0.15) is 24.1 Å². The number of piperidine rings is 1. The van der Waals surface area contributed by atoms with Crippen LogP contribution >= 0.6 is 0 Å². The van der Waals surface area contributed by atoms with Gasteiger partial charge in [-0.25, -0.2) is 0 Å². The molecule has 1 atom stereocenters. The van der Waals surface area contributed by atoms with E-state index in [4.69, 9.17) is 0 Å². The Morgan fingerprint density at radius 3 is 2.62 bits per heavy atom. The summed E-state index contributed by atoms with van der Waals surface area (Å²) in [4.78, 5) is 11.2. The molecule has 1 fully saturated rings. The number of likely N-dealkylation sites (tertiary alicyclic amines) is 1. The van der Waals surface area contributed by atoms with E-state index in [1.807, 2.05) is 48.7 Å². The van der Waals surface area contributed by atoms with Crippen molar-refractivity contribution in [2.24, 2.45) is 4.99 Å². The fourth-order valence-corrected chi connectivity index (χ4v) is 4.50. The van der Waals surface area contributed by atoms with Gasteiger partial charge in [0.25, 0.3) is 0 Å². The predicted molar refractivity (Wildman–Crippen MR) is 120 cm³/mol. The van der Waals surface area contributed by atoms with Crippen molar-refractivity contribution in [2.75, 3.05) is 32.4 Å². The summed E-state index contributed by atoms with van der Waals surface area (Å²) in [7, 11) is 0.906. The van der Waals surface area contributed by atoms with Crippen molar-refractivity contribution in [1.29, 1.82) is 0 Å². The molecular weight excluding hydrogens is 382 g/mol. The summed E-state index contributed by atoms with van der Waals surface area (Å²) >= 11 is 0. The molecule has 29 heavy (non-hydrogen) atoms. The topological polar surface area (TPSA) is 69.6 Å². The molecule has 2 heterocycles. The number of hydrogen-bond donors (Lipinski definition) is 2. The second-order valence-corrected chi connectivity index (χ2v) is 8.87. The van der Waals surface area contributed by atoms with Crippen LogP contribution in [0.4, 0.5) is 0 Å². The molecule has 0 amide bonds. The molecule has 6 nitrogen and oxygen atoms in total. The number of aromatic nitrogens is 1. The van der Waals surface area contributed by atoms with Gasteiger partial charge >= 0.3 is 0 Å². The summed E-state index contributed by atoms with van der Waals surface area (Å²) in [6.07, 6.45) is 4.01. The molecule has 0 spiro atoms. The van der Waals surface area contributed by atoms with Crippen molar-refractivity contribution in [3.05, 3.63) is 66.0 Å². The van der Waals surface area contributed by atoms with Gasteiger partial charge in [0.1, 0.15) is 0 Å². The SMILES string of the molecule is CN=C(NCCS(=O)Cc1ccccc1)NC1CCN(Cc2ccccn2)CC1. The Kier molecular flexibility index (Phi) is 8.64. The Bertz CT molecular complexity index is 776. The minimum atomic E-state index is -0.878. The van der Waals surface area contributed by atoms with Crippen LogP contribution in [0, 0.1) is 0 Å². The molecule has 1 unspecified atom stereocenters. The van der Waals surface area contributed by atoms with Gasteiger partial charge in [-0.3, -0.25) is 19.1 Å². The third kappa shape index (κ3) is 7.59. The molecule has 1 aliphatic heterocycles.